The number of benzene rings is 5. The maximum atomic E-state index is 12.0. The number of anilines is 1. The molecular formula is C58H72N4O8PS2+. The first-order valence-electron chi connectivity index (χ1n) is 25.4. The van der Waals surface area contributed by atoms with Gasteiger partial charge in [0.15, 0.2) is 5.71 Å². The smallest absolute Gasteiger partial charge is 0.265 e. The van der Waals surface area contributed by atoms with Crippen LogP contribution in [0.15, 0.2) is 127 Å². The van der Waals surface area contributed by atoms with Crippen molar-refractivity contribution in [2.75, 3.05) is 48.9 Å². The van der Waals surface area contributed by atoms with Gasteiger partial charge in [0, 0.05) is 72.1 Å². The Morgan fingerprint density at radius 3 is 2.07 bits per heavy atom. The van der Waals surface area contributed by atoms with E-state index in [2.05, 4.69) is 155 Å². The van der Waals surface area contributed by atoms with Gasteiger partial charge in [-0.1, -0.05) is 86.7 Å². The lowest BCUT2D eigenvalue weighted by Crippen LogP contribution is -2.33. The molecule has 5 aromatic rings. The Morgan fingerprint density at radius 1 is 0.781 bits per heavy atom. The second-order valence-corrected chi connectivity index (χ2v) is 25.6. The van der Waals surface area contributed by atoms with Crippen molar-refractivity contribution in [3.05, 3.63) is 144 Å². The lowest BCUT2D eigenvalue weighted by atomic mass is 9.79. The predicted octanol–water partition coefficient (Wildman–Crippen LogP) is 12.8. The summed E-state index contributed by atoms with van der Waals surface area (Å²) >= 11 is 0. The number of nitriles is 1. The van der Waals surface area contributed by atoms with Crippen LogP contribution < -0.4 is 9.64 Å². The summed E-state index contributed by atoms with van der Waals surface area (Å²) < 4.78 is 84.9. The number of hydrogen-bond donors (Lipinski definition) is 2. The van der Waals surface area contributed by atoms with E-state index >= 15 is 0 Å². The van der Waals surface area contributed by atoms with Gasteiger partial charge in [0.25, 0.3) is 20.2 Å². The van der Waals surface area contributed by atoms with E-state index in [0.29, 0.717) is 56.7 Å². The summed E-state index contributed by atoms with van der Waals surface area (Å²) in [5.74, 6) is -0.0246. The molecule has 0 aliphatic carbocycles. The van der Waals surface area contributed by atoms with Gasteiger partial charge in [-0.3, -0.25) is 13.8 Å². The summed E-state index contributed by atoms with van der Waals surface area (Å²) in [5, 5.41) is 13.8. The van der Waals surface area contributed by atoms with Crippen molar-refractivity contribution in [1.29, 1.82) is 5.26 Å². The fourth-order valence-corrected chi connectivity index (χ4v) is 13.9. The zero-order valence-corrected chi connectivity index (χ0v) is 46.1. The van der Waals surface area contributed by atoms with Crippen LogP contribution in [0.25, 0.3) is 27.1 Å². The van der Waals surface area contributed by atoms with Gasteiger partial charge >= 0.3 is 0 Å². The summed E-state index contributed by atoms with van der Waals surface area (Å²) in [6, 6.07) is 35.9. The fourth-order valence-electron chi connectivity index (χ4n) is 10.8. The van der Waals surface area contributed by atoms with Crippen LogP contribution in [0.4, 0.5) is 11.4 Å². The largest absolute Gasteiger partial charge is 0.494 e. The van der Waals surface area contributed by atoms with Crippen molar-refractivity contribution in [2.45, 2.75) is 110 Å². The molecule has 388 valence electrons. The minimum atomic E-state index is -4.19. The van der Waals surface area contributed by atoms with Crippen LogP contribution in [0.2, 0.25) is 0 Å². The lowest BCUT2D eigenvalue weighted by Gasteiger charge is -2.37. The summed E-state index contributed by atoms with van der Waals surface area (Å²) in [6.07, 6.45) is 11.6. The third-order valence-corrected chi connectivity index (χ3v) is 18.0. The average Bonchev–Trinajstić information content (AvgIpc) is 3.68. The molecule has 1 unspecified atom stereocenters. The zero-order valence-electron chi connectivity index (χ0n) is 43.6. The molecule has 0 bridgehead atoms. The first-order chi connectivity index (χ1) is 34.6. The molecule has 0 fully saturated rings. The minimum absolute atomic E-state index is 0.216. The van der Waals surface area contributed by atoms with Crippen LogP contribution in [0.1, 0.15) is 104 Å². The quantitative estimate of drug-likeness (QED) is 0.0199. The molecule has 2 aliphatic rings. The van der Waals surface area contributed by atoms with E-state index in [1.165, 1.54) is 0 Å². The highest BCUT2D eigenvalue weighted by Crippen LogP contribution is 2.51. The Hall–Kier alpha value is -5.23. The van der Waals surface area contributed by atoms with E-state index in [9.17, 15) is 31.2 Å². The third-order valence-electron chi connectivity index (χ3n) is 13.9. The molecule has 2 aliphatic heterocycles. The summed E-state index contributed by atoms with van der Waals surface area (Å²) in [7, 11) is -9.28. The first-order valence-corrected chi connectivity index (χ1v) is 30.0. The van der Waals surface area contributed by atoms with Crippen LogP contribution in [0, 0.1) is 11.3 Å². The average molecular weight is 1050 g/mol. The molecule has 0 saturated carbocycles. The minimum Gasteiger partial charge on any atom is -0.494 e. The molecule has 15 heteroatoms. The monoisotopic (exact) mass is 1050 g/mol. The van der Waals surface area contributed by atoms with Crippen molar-refractivity contribution in [3.8, 4) is 11.8 Å². The first kappa shape index (κ1) is 55.5. The molecule has 12 nitrogen and oxygen atoms in total. The summed E-state index contributed by atoms with van der Waals surface area (Å²) in [5.41, 5.74) is 6.93. The normalized spacial score (nSPS) is 16.7. The maximum absolute atomic E-state index is 12.0. The molecule has 1 atom stereocenters. The molecule has 0 saturated heterocycles. The van der Waals surface area contributed by atoms with Crippen LogP contribution in [0.3, 0.4) is 0 Å². The van der Waals surface area contributed by atoms with Crippen LogP contribution in [-0.4, -0.2) is 97.0 Å². The van der Waals surface area contributed by atoms with Gasteiger partial charge in [0.2, 0.25) is 5.69 Å². The number of nitrogens with zero attached hydrogens (tertiary/aromatic N) is 4. The van der Waals surface area contributed by atoms with E-state index in [1.54, 1.807) is 0 Å². The molecule has 5 aromatic carbocycles. The molecular weight excluding hydrogens is 976 g/mol. The highest BCUT2D eigenvalue weighted by atomic mass is 32.2. The molecule has 2 N–H and O–H groups in total. The lowest BCUT2D eigenvalue weighted by molar-refractivity contribution is -0.437. The molecule has 2 heterocycles. The Bertz CT molecular complexity index is 3200. The van der Waals surface area contributed by atoms with Crippen molar-refractivity contribution < 1.29 is 39.8 Å². The predicted molar refractivity (Wildman–Crippen MR) is 300 cm³/mol. The van der Waals surface area contributed by atoms with Crippen molar-refractivity contribution >= 4 is 72.7 Å². The second-order valence-electron chi connectivity index (χ2n) is 20.6. The van der Waals surface area contributed by atoms with Crippen molar-refractivity contribution in [2.24, 2.45) is 0 Å². The molecule has 0 spiro atoms. The van der Waals surface area contributed by atoms with Gasteiger partial charge < -0.3 is 14.2 Å². The molecule has 0 aromatic heterocycles. The zero-order chi connectivity index (χ0) is 52.7. The van der Waals surface area contributed by atoms with Crippen LogP contribution >= 0.6 is 8.30 Å². The number of fused-ring (bicyclic) bond motifs is 6. The van der Waals surface area contributed by atoms with E-state index in [1.807, 2.05) is 42.5 Å². The molecule has 73 heavy (non-hydrogen) atoms. The van der Waals surface area contributed by atoms with Gasteiger partial charge in [-0.2, -0.15) is 26.7 Å². The Labute approximate surface area is 435 Å². The highest BCUT2D eigenvalue weighted by Gasteiger charge is 2.46. The van der Waals surface area contributed by atoms with Crippen molar-refractivity contribution in [3.63, 3.8) is 0 Å². The molecule has 0 radical (unpaired) electrons. The topological polar surface area (TPSA) is 160 Å². The molecule has 7 rings (SSSR count). The van der Waals surface area contributed by atoms with Gasteiger partial charge in [0.05, 0.1) is 36.2 Å². The summed E-state index contributed by atoms with van der Waals surface area (Å²) in [6.45, 7) is 19.2. The standard InChI is InChI=1S/C58H71N4O8PS2/c1-42(2)62(43(3)4)71(38-16-33-59)70-37-14-13-36-69-48-22-15-21-47(41-48)44(27-31-53-57(5,6)55-49-23-11-9-19-45(49)25-29-51(55)60(53)34-17-39-72(63,64)65)28-32-54-58(7,8)56-50-24-12-10-20-46(50)26-30-52(56)61(54)35-18-40-73(66,67)68/h9-12,15,19-32,41-43H,13-14,16-18,34-40H2,1-8H3,(H-,63,64,65,66,67,68)/p+1. The van der Waals surface area contributed by atoms with E-state index < -0.39 is 39.4 Å². The SMILES string of the molecule is CC(C)N(C(C)C)P(CCC#N)OCCCCOc1cccc(C(C=CC2=[N+](CCCS(=O)(=O)O)c3ccc4ccccc4c3C2(C)C)=CC=C2N(CCCS(=O)(=O)O)c3ccc4ccccc4c3C2(C)C)c1. The fraction of sp³-hybridized carbons (Fsp3) is 0.414. The second kappa shape index (κ2) is 23.5. The third kappa shape index (κ3) is 13.2. The Kier molecular flexibility index (Phi) is 17.9. The number of rotatable bonds is 24. The number of unbranched alkanes of at least 4 members (excludes halogenated alkanes) is 1. The van der Waals surface area contributed by atoms with Gasteiger partial charge in [-0.25, -0.2) is 0 Å². The van der Waals surface area contributed by atoms with Crippen LogP contribution in [-0.2, 0) is 35.6 Å². The van der Waals surface area contributed by atoms with Gasteiger partial charge in [-0.15, -0.1) is 0 Å². The van der Waals surface area contributed by atoms with Gasteiger partial charge in [0.1, 0.15) is 20.6 Å². The van der Waals surface area contributed by atoms with E-state index in [0.717, 1.165) is 79.4 Å². The number of ether oxygens (including phenoxy) is 1. The number of hydrogen-bond acceptors (Lipinski definition) is 9. The van der Waals surface area contributed by atoms with Crippen LogP contribution in [0.5, 0.6) is 5.75 Å². The number of allylic oxidation sites excluding steroid dienone is 6. The maximum Gasteiger partial charge on any atom is 0.265 e. The van der Waals surface area contributed by atoms with Crippen molar-refractivity contribution in [1.82, 2.24) is 4.67 Å². The van der Waals surface area contributed by atoms with E-state index in [-0.39, 0.29) is 24.3 Å². The Balaban J connectivity index is 1.27. The van der Waals surface area contributed by atoms with Gasteiger partial charge in [-0.05, 0) is 135 Å². The highest BCUT2D eigenvalue weighted by molar-refractivity contribution is 7.86. The summed E-state index contributed by atoms with van der Waals surface area (Å²) in [4.78, 5) is 2.18. The Morgan fingerprint density at radius 2 is 1.41 bits per heavy atom. The van der Waals surface area contributed by atoms with E-state index in [4.69, 9.17) is 9.26 Å². The molecule has 0 amide bonds.